The average molecular weight is 165 g/mol. The summed E-state index contributed by atoms with van der Waals surface area (Å²) in [5.41, 5.74) is 0. The molecule has 0 aliphatic carbocycles. The predicted octanol–water partition coefficient (Wildman–Crippen LogP) is 0.753. The highest BCUT2D eigenvalue weighted by atomic mass is 16.3. The number of nitrogens with one attached hydrogen (secondary N) is 1. The summed E-state index contributed by atoms with van der Waals surface area (Å²) in [6.45, 7) is 0.810. The Labute approximate surface area is 70.8 Å². The van der Waals surface area contributed by atoms with Gasteiger partial charge in [0.05, 0.1) is 12.3 Å². The van der Waals surface area contributed by atoms with Gasteiger partial charge in [0.1, 0.15) is 5.76 Å². The van der Waals surface area contributed by atoms with E-state index in [2.05, 4.69) is 5.32 Å². The van der Waals surface area contributed by atoms with E-state index in [9.17, 15) is 4.79 Å². The molecule has 3 nitrogen and oxygen atoms in total. The number of Topliss-reactive ketones (excluding diaryl/α,β-unsaturated/α-hetero) is 1. The molecule has 12 heavy (non-hydrogen) atoms. The monoisotopic (exact) mass is 165 g/mol. The van der Waals surface area contributed by atoms with Crippen LogP contribution >= 0.6 is 0 Å². The van der Waals surface area contributed by atoms with Gasteiger partial charge in [0.15, 0.2) is 5.78 Å². The van der Waals surface area contributed by atoms with Gasteiger partial charge < -0.3 is 9.73 Å². The second-order valence-electron chi connectivity index (χ2n) is 3.01. The molecule has 2 rings (SSSR count). The fraction of sp³-hybridized carbons (Fsp3) is 0.444. The molecular weight excluding hydrogens is 154 g/mol. The van der Waals surface area contributed by atoms with Crippen LogP contribution in [-0.2, 0) is 11.2 Å². The molecule has 1 aromatic rings. The summed E-state index contributed by atoms with van der Waals surface area (Å²) in [5, 5.41) is 3.14. The normalized spacial score (nSPS) is 23.3. The summed E-state index contributed by atoms with van der Waals surface area (Å²) in [4.78, 5) is 11.2. The smallest absolute Gasteiger partial charge is 0.151 e. The Balaban J connectivity index is 1.99. The molecule has 0 spiro atoms. The van der Waals surface area contributed by atoms with Crippen LogP contribution in [0.15, 0.2) is 22.8 Å². The predicted molar refractivity (Wildman–Crippen MR) is 43.8 cm³/mol. The van der Waals surface area contributed by atoms with Gasteiger partial charge in [0.2, 0.25) is 0 Å². The van der Waals surface area contributed by atoms with E-state index in [1.54, 1.807) is 6.26 Å². The number of furan rings is 1. The lowest BCUT2D eigenvalue weighted by Gasteiger charge is -2.04. The van der Waals surface area contributed by atoms with Crippen LogP contribution < -0.4 is 5.32 Å². The first-order valence-electron chi connectivity index (χ1n) is 4.15. The van der Waals surface area contributed by atoms with Crippen LogP contribution in [0.1, 0.15) is 12.2 Å². The molecule has 1 aliphatic heterocycles. The molecule has 2 heterocycles. The Kier molecular flexibility index (Phi) is 1.96. The van der Waals surface area contributed by atoms with Crippen molar-refractivity contribution in [3.63, 3.8) is 0 Å². The molecule has 3 heteroatoms. The molecule has 1 unspecified atom stereocenters. The maximum atomic E-state index is 11.2. The number of hydrogen-bond donors (Lipinski definition) is 1. The topological polar surface area (TPSA) is 42.2 Å². The van der Waals surface area contributed by atoms with Crippen LogP contribution in [0.25, 0.3) is 0 Å². The highest BCUT2D eigenvalue weighted by Gasteiger charge is 2.24. The van der Waals surface area contributed by atoms with Crippen molar-refractivity contribution >= 4 is 5.78 Å². The van der Waals surface area contributed by atoms with Crippen molar-refractivity contribution in [1.29, 1.82) is 0 Å². The number of carbonyl (C=O) groups excluding carboxylic acids is 1. The van der Waals surface area contributed by atoms with E-state index in [0.29, 0.717) is 18.6 Å². The molecule has 64 valence electrons. The highest BCUT2D eigenvalue weighted by Crippen LogP contribution is 2.09. The van der Waals surface area contributed by atoms with Crippen LogP contribution in [0.3, 0.4) is 0 Å². The third-order valence-electron chi connectivity index (χ3n) is 2.14. The standard InChI is InChI=1S/C9H11NO2/c11-9-3-4-10-8(9)6-7-2-1-5-12-7/h1-2,5,8,10H,3-4,6H2. The zero-order valence-corrected chi connectivity index (χ0v) is 6.75. The van der Waals surface area contributed by atoms with E-state index in [4.69, 9.17) is 4.42 Å². The molecule has 1 atom stereocenters. The number of ketones is 1. The number of carbonyl (C=O) groups is 1. The first-order chi connectivity index (χ1) is 5.86. The molecule has 0 bridgehead atoms. The van der Waals surface area contributed by atoms with Gasteiger partial charge in [0, 0.05) is 19.4 Å². The zero-order chi connectivity index (χ0) is 8.39. The van der Waals surface area contributed by atoms with Crippen LogP contribution in [0.5, 0.6) is 0 Å². The van der Waals surface area contributed by atoms with Gasteiger partial charge >= 0.3 is 0 Å². The van der Waals surface area contributed by atoms with E-state index in [1.165, 1.54) is 0 Å². The first kappa shape index (κ1) is 7.55. The van der Waals surface area contributed by atoms with Crippen LogP contribution in [0.2, 0.25) is 0 Å². The molecule has 0 amide bonds. The van der Waals surface area contributed by atoms with Crippen LogP contribution in [0, 0.1) is 0 Å². The van der Waals surface area contributed by atoms with Crippen molar-refractivity contribution in [3.05, 3.63) is 24.2 Å². The van der Waals surface area contributed by atoms with Crippen molar-refractivity contribution in [2.75, 3.05) is 6.54 Å². The zero-order valence-electron chi connectivity index (χ0n) is 6.75. The molecule has 0 aromatic carbocycles. The largest absolute Gasteiger partial charge is 0.469 e. The Morgan fingerprint density at radius 3 is 3.17 bits per heavy atom. The molecular formula is C9H11NO2. The fourth-order valence-corrected chi connectivity index (χ4v) is 1.47. The van der Waals surface area contributed by atoms with Crippen molar-refractivity contribution in [2.45, 2.75) is 18.9 Å². The van der Waals surface area contributed by atoms with Crippen molar-refractivity contribution in [1.82, 2.24) is 5.32 Å². The summed E-state index contributed by atoms with van der Waals surface area (Å²) in [6.07, 6.45) is 2.98. The average Bonchev–Trinajstić information content (AvgIpc) is 2.65. The van der Waals surface area contributed by atoms with Gasteiger partial charge in [-0.25, -0.2) is 0 Å². The second-order valence-corrected chi connectivity index (χ2v) is 3.01. The van der Waals surface area contributed by atoms with E-state index in [0.717, 1.165) is 12.3 Å². The molecule has 1 aliphatic rings. The minimum absolute atomic E-state index is 0.0175. The molecule has 1 N–H and O–H groups in total. The second kappa shape index (κ2) is 3.11. The Morgan fingerprint density at radius 2 is 2.58 bits per heavy atom. The maximum absolute atomic E-state index is 11.2. The van der Waals surface area contributed by atoms with Crippen LogP contribution in [-0.4, -0.2) is 18.4 Å². The van der Waals surface area contributed by atoms with Gasteiger partial charge in [-0.05, 0) is 12.1 Å². The van der Waals surface area contributed by atoms with Crippen molar-refractivity contribution < 1.29 is 9.21 Å². The summed E-state index contributed by atoms with van der Waals surface area (Å²) < 4.78 is 5.15. The van der Waals surface area contributed by atoms with E-state index >= 15 is 0 Å². The fourth-order valence-electron chi connectivity index (χ4n) is 1.47. The third kappa shape index (κ3) is 1.41. The lowest BCUT2D eigenvalue weighted by Crippen LogP contribution is -2.29. The van der Waals surface area contributed by atoms with E-state index < -0.39 is 0 Å². The van der Waals surface area contributed by atoms with E-state index in [1.807, 2.05) is 12.1 Å². The molecule has 0 radical (unpaired) electrons. The minimum atomic E-state index is -0.0175. The Bertz CT molecular complexity index is 266. The Morgan fingerprint density at radius 1 is 1.67 bits per heavy atom. The van der Waals surface area contributed by atoms with Gasteiger partial charge in [-0.1, -0.05) is 0 Å². The van der Waals surface area contributed by atoms with Crippen molar-refractivity contribution in [3.8, 4) is 0 Å². The number of rotatable bonds is 2. The molecule has 1 fully saturated rings. The maximum Gasteiger partial charge on any atom is 0.151 e. The van der Waals surface area contributed by atoms with Gasteiger partial charge in [-0.2, -0.15) is 0 Å². The molecule has 1 saturated heterocycles. The molecule has 1 aromatic heterocycles. The van der Waals surface area contributed by atoms with Crippen LogP contribution in [0.4, 0.5) is 0 Å². The van der Waals surface area contributed by atoms with Crippen molar-refractivity contribution in [2.24, 2.45) is 0 Å². The summed E-state index contributed by atoms with van der Waals surface area (Å²) in [7, 11) is 0. The number of hydrogen-bond acceptors (Lipinski definition) is 3. The highest BCUT2D eigenvalue weighted by molar-refractivity contribution is 5.86. The van der Waals surface area contributed by atoms with E-state index in [-0.39, 0.29) is 6.04 Å². The van der Waals surface area contributed by atoms with Gasteiger partial charge in [-0.3, -0.25) is 4.79 Å². The minimum Gasteiger partial charge on any atom is -0.469 e. The summed E-state index contributed by atoms with van der Waals surface area (Å²) in [6, 6.07) is 3.72. The first-order valence-corrected chi connectivity index (χ1v) is 4.15. The van der Waals surface area contributed by atoms with Gasteiger partial charge in [-0.15, -0.1) is 0 Å². The molecule has 0 saturated carbocycles. The third-order valence-corrected chi connectivity index (χ3v) is 2.14. The summed E-state index contributed by atoms with van der Waals surface area (Å²) in [5.74, 6) is 1.18. The lowest BCUT2D eigenvalue weighted by molar-refractivity contribution is -0.118. The lowest BCUT2D eigenvalue weighted by atomic mass is 10.1. The summed E-state index contributed by atoms with van der Waals surface area (Å²) >= 11 is 0. The quantitative estimate of drug-likeness (QED) is 0.703. The van der Waals surface area contributed by atoms with Gasteiger partial charge in [0.25, 0.3) is 0 Å². The SMILES string of the molecule is O=C1CCNC1Cc1ccco1. The Hall–Kier alpha value is -1.09.